The molecule has 0 fully saturated rings. The Labute approximate surface area is 89.4 Å². The van der Waals surface area contributed by atoms with Crippen LogP contribution >= 0.6 is 0 Å². The molecule has 0 bridgehead atoms. The minimum absolute atomic E-state index is 0.0234. The lowest BCUT2D eigenvalue weighted by molar-refractivity contribution is -0.154. The van der Waals surface area contributed by atoms with Crippen LogP contribution in [0.3, 0.4) is 0 Å². The van der Waals surface area contributed by atoms with Gasteiger partial charge in [0.1, 0.15) is 0 Å². The maximum Gasteiger partial charge on any atom is 0.452 e. The molecule has 0 saturated heterocycles. The second-order valence-corrected chi connectivity index (χ2v) is 2.86. The number of aryl methyl sites for hydroxylation is 1. The van der Waals surface area contributed by atoms with Crippen LogP contribution in [0.4, 0.5) is 13.2 Å². The monoisotopic (exact) mass is 237 g/mol. The van der Waals surface area contributed by atoms with Gasteiger partial charge in [-0.15, -0.1) is 0 Å². The summed E-state index contributed by atoms with van der Waals surface area (Å²) in [5.41, 5.74) is -0.814. The summed E-state index contributed by atoms with van der Waals surface area (Å²) in [6.45, 7) is 3.04. The summed E-state index contributed by atoms with van der Waals surface area (Å²) in [6.07, 6.45) is -4.58. The van der Waals surface area contributed by atoms with E-state index in [0.717, 1.165) is 0 Å². The number of rotatable bonds is 3. The first-order chi connectivity index (χ1) is 7.40. The van der Waals surface area contributed by atoms with Crippen molar-refractivity contribution in [1.29, 1.82) is 0 Å². The fraction of sp³-hybridized carbons (Fsp3) is 0.556. The molecule has 7 heteroatoms. The van der Waals surface area contributed by atoms with Crippen molar-refractivity contribution in [3.8, 4) is 0 Å². The van der Waals surface area contributed by atoms with E-state index in [1.165, 1.54) is 6.92 Å². The zero-order valence-electron chi connectivity index (χ0n) is 8.72. The molecule has 0 spiro atoms. The largest absolute Gasteiger partial charge is 0.461 e. The van der Waals surface area contributed by atoms with Gasteiger partial charge in [0.25, 0.3) is 0 Å². The number of carbonyl (C=O) groups is 1. The van der Waals surface area contributed by atoms with Gasteiger partial charge in [-0.2, -0.15) is 13.2 Å². The van der Waals surface area contributed by atoms with E-state index in [1.54, 1.807) is 6.92 Å². The molecular formula is C9H10F3NO3. The van der Waals surface area contributed by atoms with Gasteiger partial charge in [-0.1, -0.05) is 6.92 Å². The highest BCUT2D eigenvalue weighted by Crippen LogP contribution is 2.33. The normalized spacial score (nSPS) is 11.6. The topological polar surface area (TPSA) is 52.3 Å². The molecule has 0 atom stereocenters. The predicted molar refractivity (Wildman–Crippen MR) is 46.8 cm³/mol. The smallest absolute Gasteiger partial charge is 0.452 e. The quantitative estimate of drug-likeness (QED) is 0.757. The van der Waals surface area contributed by atoms with Gasteiger partial charge in [-0.3, -0.25) is 0 Å². The number of ether oxygens (including phenoxy) is 1. The van der Waals surface area contributed by atoms with E-state index in [4.69, 9.17) is 0 Å². The molecule has 0 unspecified atom stereocenters. The Hall–Kier alpha value is -1.53. The molecule has 0 aliphatic rings. The summed E-state index contributed by atoms with van der Waals surface area (Å²) in [7, 11) is 0. The van der Waals surface area contributed by atoms with Crippen LogP contribution in [0.15, 0.2) is 4.42 Å². The van der Waals surface area contributed by atoms with E-state index in [2.05, 4.69) is 14.1 Å². The van der Waals surface area contributed by atoms with Crippen LogP contribution in [-0.2, 0) is 17.3 Å². The summed E-state index contributed by atoms with van der Waals surface area (Å²) in [4.78, 5) is 14.6. The average Bonchev–Trinajstić information content (AvgIpc) is 2.61. The number of nitrogens with zero attached hydrogens (tertiary/aromatic N) is 1. The zero-order chi connectivity index (χ0) is 12.3. The Balaban J connectivity index is 3.15. The number of halogens is 3. The van der Waals surface area contributed by atoms with Crippen LogP contribution < -0.4 is 0 Å². The molecule has 0 amide bonds. The Morgan fingerprint density at radius 1 is 1.44 bits per heavy atom. The highest BCUT2D eigenvalue weighted by Gasteiger charge is 2.42. The Morgan fingerprint density at radius 3 is 2.50 bits per heavy atom. The molecule has 4 nitrogen and oxygen atoms in total. The molecular weight excluding hydrogens is 227 g/mol. The third-order valence-electron chi connectivity index (χ3n) is 1.70. The van der Waals surface area contributed by atoms with Crippen LogP contribution in [0, 0.1) is 0 Å². The fourth-order valence-corrected chi connectivity index (χ4v) is 1.05. The molecule has 0 radical (unpaired) electrons. The van der Waals surface area contributed by atoms with Crippen molar-refractivity contribution in [2.75, 3.05) is 6.61 Å². The van der Waals surface area contributed by atoms with Crippen molar-refractivity contribution in [2.45, 2.75) is 26.4 Å². The van der Waals surface area contributed by atoms with Crippen molar-refractivity contribution < 1.29 is 27.1 Å². The number of alkyl halides is 3. The molecule has 0 N–H and O–H groups in total. The summed E-state index contributed by atoms with van der Waals surface area (Å²) in [5.74, 6) is -2.67. The average molecular weight is 237 g/mol. The molecule has 0 saturated carbocycles. The van der Waals surface area contributed by atoms with Gasteiger partial charge in [-0.05, 0) is 6.92 Å². The molecule has 0 aromatic carbocycles. The second-order valence-electron chi connectivity index (χ2n) is 2.86. The van der Waals surface area contributed by atoms with Crippen molar-refractivity contribution in [1.82, 2.24) is 4.98 Å². The van der Waals surface area contributed by atoms with Crippen LogP contribution in [0.2, 0.25) is 0 Å². The summed E-state index contributed by atoms with van der Waals surface area (Å²) in [5, 5.41) is 0. The Kier molecular flexibility index (Phi) is 3.56. The molecule has 0 aliphatic carbocycles. The summed E-state index contributed by atoms with van der Waals surface area (Å²) >= 11 is 0. The highest BCUT2D eigenvalue weighted by molar-refractivity contribution is 5.88. The van der Waals surface area contributed by atoms with E-state index in [1.807, 2.05) is 0 Å². The van der Waals surface area contributed by atoms with Crippen LogP contribution in [0.1, 0.15) is 36.0 Å². The van der Waals surface area contributed by atoms with Crippen molar-refractivity contribution >= 4 is 5.97 Å². The number of esters is 1. The molecule has 1 aromatic heterocycles. The van der Waals surface area contributed by atoms with Gasteiger partial charge in [0.15, 0.2) is 11.6 Å². The van der Waals surface area contributed by atoms with Crippen LogP contribution in [0.25, 0.3) is 0 Å². The van der Waals surface area contributed by atoms with Crippen LogP contribution in [-0.4, -0.2) is 17.6 Å². The third-order valence-corrected chi connectivity index (χ3v) is 1.70. The van der Waals surface area contributed by atoms with Gasteiger partial charge in [0, 0.05) is 6.42 Å². The van der Waals surface area contributed by atoms with E-state index in [-0.39, 0.29) is 18.9 Å². The minimum Gasteiger partial charge on any atom is -0.461 e. The van der Waals surface area contributed by atoms with E-state index in [9.17, 15) is 18.0 Å². The van der Waals surface area contributed by atoms with Gasteiger partial charge in [-0.25, -0.2) is 9.78 Å². The lowest BCUT2D eigenvalue weighted by Crippen LogP contribution is -2.13. The number of carbonyl (C=O) groups excluding carboxylic acids is 1. The second kappa shape index (κ2) is 4.54. The zero-order valence-corrected chi connectivity index (χ0v) is 8.72. The number of hydrogen-bond acceptors (Lipinski definition) is 4. The first kappa shape index (κ1) is 12.5. The summed E-state index contributed by atoms with van der Waals surface area (Å²) in [6, 6.07) is 0. The minimum atomic E-state index is -4.75. The maximum atomic E-state index is 12.5. The van der Waals surface area contributed by atoms with Crippen molar-refractivity contribution in [2.24, 2.45) is 0 Å². The third kappa shape index (κ3) is 2.53. The van der Waals surface area contributed by atoms with Gasteiger partial charge in [0.05, 0.1) is 6.61 Å². The number of aromatic nitrogens is 1. The highest BCUT2D eigenvalue weighted by atomic mass is 19.4. The van der Waals surface area contributed by atoms with Crippen LogP contribution in [0.5, 0.6) is 0 Å². The van der Waals surface area contributed by atoms with E-state index >= 15 is 0 Å². The number of oxazole rings is 1. The fourth-order valence-electron chi connectivity index (χ4n) is 1.05. The van der Waals surface area contributed by atoms with Crippen molar-refractivity contribution in [3.63, 3.8) is 0 Å². The molecule has 90 valence electrons. The first-order valence-electron chi connectivity index (χ1n) is 4.64. The van der Waals surface area contributed by atoms with E-state index < -0.39 is 23.6 Å². The van der Waals surface area contributed by atoms with Gasteiger partial charge in [0.2, 0.25) is 5.76 Å². The van der Waals surface area contributed by atoms with Crippen molar-refractivity contribution in [3.05, 3.63) is 17.3 Å². The summed E-state index contributed by atoms with van der Waals surface area (Å²) < 4.78 is 46.3. The number of hydrogen-bond donors (Lipinski definition) is 0. The Morgan fingerprint density at radius 2 is 2.06 bits per heavy atom. The first-order valence-corrected chi connectivity index (χ1v) is 4.64. The molecule has 1 aromatic rings. The molecule has 16 heavy (non-hydrogen) atoms. The molecule has 0 aliphatic heterocycles. The van der Waals surface area contributed by atoms with Gasteiger partial charge >= 0.3 is 12.1 Å². The molecule has 1 heterocycles. The Bertz CT molecular complexity index is 384. The molecule has 1 rings (SSSR count). The lowest BCUT2D eigenvalue weighted by Gasteiger charge is -2.03. The SMILES string of the molecule is CCOC(=O)c1nc(CC)oc1C(F)(F)F. The van der Waals surface area contributed by atoms with E-state index in [0.29, 0.717) is 0 Å². The maximum absolute atomic E-state index is 12.5. The lowest BCUT2D eigenvalue weighted by atomic mass is 10.3. The standard InChI is InChI=1S/C9H10F3NO3/c1-3-5-13-6(8(14)15-4-2)7(16-5)9(10,11)12/h3-4H2,1-2H3. The predicted octanol–water partition coefficient (Wildman–Crippen LogP) is 2.43. The van der Waals surface area contributed by atoms with Gasteiger partial charge < -0.3 is 9.15 Å².